The molecule has 142 valence electrons. The molecule has 0 saturated carbocycles. The third-order valence-electron chi connectivity index (χ3n) is 4.01. The molecule has 25 heavy (non-hydrogen) atoms. The van der Waals surface area contributed by atoms with Gasteiger partial charge in [0.25, 0.3) is 5.91 Å². The van der Waals surface area contributed by atoms with Crippen LogP contribution >= 0.6 is 0 Å². The summed E-state index contributed by atoms with van der Waals surface area (Å²) < 4.78 is 38.0. The second-order valence-electron chi connectivity index (χ2n) is 5.58. The van der Waals surface area contributed by atoms with Crippen molar-refractivity contribution in [2.45, 2.75) is 25.6 Å². The summed E-state index contributed by atoms with van der Waals surface area (Å²) in [5.74, 6) is -0.853. The number of amides is 3. The van der Waals surface area contributed by atoms with Crippen LogP contribution in [0.3, 0.4) is 0 Å². The van der Waals surface area contributed by atoms with Gasteiger partial charge in [-0.15, -0.1) is 13.1 Å². The van der Waals surface area contributed by atoms with E-state index in [0.717, 1.165) is 0 Å². The monoisotopic (exact) mass is 538 g/mol. The van der Waals surface area contributed by atoms with E-state index in [9.17, 15) is 22.8 Å². The average molecular weight is 538 g/mol. The van der Waals surface area contributed by atoms with E-state index in [1.54, 1.807) is 18.2 Å². The molecule has 0 aromatic carbocycles. The van der Waals surface area contributed by atoms with E-state index < -0.39 is 30.2 Å². The molecule has 3 amide bonds. The Morgan fingerprint density at radius 3 is 2.60 bits per heavy atom. The van der Waals surface area contributed by atoms with Gasteiger partial charge < -0.3 is 10.2 Å². The molecule has 1 aromatic heterocycles. The number of halogens is 3. The Balaban J connectivity index is 0.00000156. The largest absolute Gasteiger partial charge is 0.659 e. The van der Waals surface area contributed by atoms with Gasteiger partial charge >= 0.3 is 12.2 Å². The second-order valence-corrected chi connectivity index (χ2v) is 5.58. The Morgan fingerprint density at radius 2 is 2.00 bits per heavy atom. The Labute approximate surface area is 158 Å². The number of piperazine rings is 1. The van der Waals surface area contributed by atoms with E-state index in [4.69, 9.17) is 0 Å². The third-order valence-corrected chi connectivity index (χ3v) is 4.01. The van der Waals surface area contributed by atoms with Gasteiger partial charge in [-0.05, 0) is 12.1 Å². The molecule has 10 heteroatoms. The van der Waals surface area contributed by atoms with Gasteiger partial charge in [-0.2, -0.15) is 13.2 Å². The smallest absolute Gasteiger partial charge is 0.406 e. The van der Waals surface area contributed by atoms with Crippen molar-refractivity contribution in [3.8, 4) is 0 Å². The maximum Gasteiger partial charge on any atom is 0.406 e. The maximum atomic E-state index is 12.7. The summed E-state index contributed by atoms with van der Waals surface area (Å²) in [5, 5.41) is 4.15. The fourth-order valence-corrected chi connectivity index (χ4v) is 3.03. The third kappa shape index (κ3) is 4.03. The zero-order chi connectivity index (χ0) is 16.7. The van der Waals surface area contributed by atoms with E-state index in [1.807, 2.05) is 0 Å². The van der Waals surface area contributed by atoms with Crippen molar-refractivity contribution in [1.82, 2.24) is 14.8 Å². The van der Waals surface area contributed by atoms with Gasteiger partial charge in [-0.1, -0.05) is 13.5 Å². The van der Waals surface area contributed by atoms with Gasteiger partial charge in [0.2, 0.25) is 0 Å². The van der Waals surface area contributed by atoms with Gasteiger partial charge in [-0.3, -0.25) is 14.7 Å². The molecule has 0 spiro atoms. The van der Waals surface area contributed by atoms with Crippen LogP contribution in [0.1, 0.15) is 13.1 Å². The number of alkyl halides is 3. The summed E-state index contributed by atoms with van der Waals surface area (Å²) in [6.45, 7) is -1.15. The number of carbonyl (C=O) groups is 2. The Morgan fingerprint density at radius 1 is 1.28 bits per heavy atom. The average Bonchev–Trinajstić information content (AvgIpc) is 2.70. The first-order valence-corrected chi connectivity index (χ1v) is 7.07. The number of urea groups is 1. The van der Waals surface area contributed by atoms with Crippen LogP contribution in [0, 0.1) is 0 Å². The predicted octanol–water partition coefficient (Wildman–Crippen LogP) is 2.21. The predicted molar refractivity (Wildman–Crippen MR) is 80.4 cm³/mol. The first-order chi connectivity index (χ1) is 10.8. The van der Waals surface area contributed by atoms with Gasteiger partial charge in [0.15, 0.2) is 0 Å². The molecular formula is C15H18F3N4O2Pt-. The summed E-state index contributed by atoms with van der Waals surface area (Å²) in [5.41, 5.74) is -0.862. The molecule has 1 unspecified atom stereocenters. The van der Waals surface area contributed by atoms with E-state index in [0.29, 0.717) is 12.2 Å². The van der Waals surface area contributed by atoms with Crippen LogP contribution in [-0.4, -0.2) is 64.6 Å². The maximum absolute atomic E-state index is 12.7. The molecule has 3 rings (SSSR count). The molecule has 1 atom stereocenters. The van der Waals surface area contributed by atoms with Gasteiger partial charge in [-0.25, -0.2) is 4.79 Å². The minimum Gasteiger partial charge on any atom is -0.659 e. The molecule has 0 radical (unpaired) electrons. The van der Waals surface area contributed by atoms with E-state index in [2.05, 4.69) is 10.3 Å². The van der Waals surface area contributed by atoms with Crippen LogP contribution in [0.25, 0.3) is 5.32 Å². The topological polar surface area (TPSA) is 67.6 Å². The van der Waals surface area contributed by atoms with Crippen LogP contribution in [0.5, 0.6) is 0 Å². The van der Waals surface area contributed by atoms with Crippen molar-refractivity contribution < 1.29 is 43.8 Å². The normalized spacial score (nSPS) is 23.0. The molecule has 2 fully saturated rings. The van der Waals surface area contributed by atoms with Gasteiger partial charge in [0, 0.05) is 45.9 Å². The first-order valence-electron chi connectivity index (χ1n) is 7.07. The molecule has 6 nitrogen and oxygen atoms in total. The molecular weight excluding hydrogens is 520 g/mol. The summed E-state index contributed by atoms with van der Waals surface area (Å²) in [6, 6.07) is 4.18. The van der Waals surface area contributed by atoms with Crippen LogP contribution in [0.2, 0.25) is 0 Å². The quantitative estimate of drug-likeness (QED) is 0.555. The number of carbonyl (C=O) groups excluding carboxylic acids is 2. The number of rotatable bonds is 3. The Hall–Kier alpha value is -1.47. The molecule has 0 N–H and O–H groups in total. The fourth-order valence-electron chi connectivity index (χ4n) is 3.03. The van der Waals surface area contributed by atoms with Gasteiger partial charge in [0.1, 0.15) is 12.1 Å². The zero-order valence-electron chi connectivity index (χ0n) is 12.4. The summed E-state index contributed by atoms with van der Waals surface area (Å²) >= 11 is 0. The van der Waals surface area contributed by atoms with Crippen molar-refractivity contribution in [1.29, 1.82) is 0 Å². The van der Waals surface area contributed by atoms with Crippen molar-refractivity contribution in [3.05, 3.63) is 35.4 Å². The Kier molecular flexibility index (Phi) is 6.75. The van der Waals surface area contributed by atoms with Gasteiger partial charge in [0.05, 0.1) is 0 Å². The molecule has 0 aliphatic carbocycles. The summed E-state index contributed by atoms with van der Waals surface area (Å²) in [4.78, 5) is 30.5. The Bertz CT molecular complexity index is 629. The number of pyridine rings is 1. The number of hydrogen-bond donors (Lipinski definition) is 0. The summed E-state index contributed by atoms with van der Waals surface area (Å²) in [7, 11) is 0. The van der Waals surface area contributed by atoms with E-state index in [-0.39, 0.29) is 52.9 Å². The van der Waals surface area contributed by atoms with E-state index in [1.165, 1.54) is 11.1 Å². The molecule has 2 aliphatic rings. The first kappa shape index (κ1) is 21.6. The number of imide groups is 1. The van der Waals surface area contributed by atoms with Crippen LogP contribution in [0.4, 0.5) is 18.0 Å². The molecule has 2 saturated heterocycles. The van der Waals surface area contributed by atoms with Crippen LogP contribution in [-0.2, 0) is 32.3 Å². The van der Waals surface area contributed by atoms with E-state index >= 15 is 0 Å². The van der Waals surface area contributed by atoms with Crippen molar-refractivity contribution >= 4 is 11.9 Å². The standard InChI is InChI=1S/C14H14F3N4O2.CH4.Pt/c15-14(16,17)9-20-11(22)13(7-10-3-1-2-4-19-10)8-18-5-6-21(13)12(20)23;;/h1-4H,5-9H2;1H4;/q-1;;. The SMILES string of the molecule is C.O=C1N(CC(F)(F)F)C(=O)C2(Cc3ccccn3)C[N-]CCN12.[Pt]. The minimum atomic E-state index is -4.64. The van der Waals surface area contributed by atoms with Crippen molar-refractivity contribution in [2.75, 3.05) is 26.2 Å². The molecule has 2 aliphatic heterocycles. The number of nitrogens with zero attached hydrogens (tertiary/aromatic N) is 4. The van der Waals surface area contributed by atoms with Crippen molar-refractivity contribution in [2.24, 2.45) is 0 Å². The summed E-state index contributed by atoms with van der Waals surface area (Å²) in [6.07, 6.45) is -3.05. The number of hydrogen-bond acceptors (Lipinski definition) is 3. The zero-order valence-corrected chi connectivity index (χ0v) is 14.7. The van der Waals surface area contributed by atoms with Crippen LogP contribution in [0.15, 0.2) is 24.4 Å². The minimum absolute atomic E-state index is 0. The molecule has 1 aromatic rings. The number of aromatic nitrogens is 1. The molecule has 3 heterocycles. The van der Waals surface area contributed by atoms with Crippen LogP contribution < -0.4 is 0 Å². The van der Waals surface area contributed by atoms with Crippen molar-refractivity contribution in [3.63, 3.8) is 0 Å². The molecule has 0 bridgehead atoms. The second kappa shape index (κ2) is 7.83. The number of fused-ring (bicyclic) bond motifs is 1. The fraction of sp³-hybridized carbons (Fsp3) is 0.533.